The number of halogens is 1. The van der Waals surface area contributed by atoms with Crippen molar-refractivity contribution in [2.75, 3.05) is 44.3 Å². The van der Waals surface area contributed by atoms with Crippen molar-refractivity contribution in [1.82, 2.24) is 5.32 Å². The van der Waals surface area contributed by atoms with Crippen LogP contribution in [-0.2, 0) is 10.2 Å². The third-order valence-electron chi connectivity index (χ3n) is 5.70. The number of nitrogens with one attached hydrogen (secondary N) is 1. The van der Waals surface area contributed by atoms with E-state index in [-0.39, 0.29) is 12.4 Å². The van der Waals surface area contributed by atoms with Gasteiger partial charge in [-0.15, -0.1) is 12.4 Å². The van der Waals surface area contributed by atoms with Crippen LogP contribution in [0, 0.1) is 5.92 Å². The van der Waals surface area contributed by atoms with Gasteiger partial charge in [0.15, 0.2) is 0 Å². The van der Waals surface area contributed by atoms with Gasteiger partial charge in [-0.05, 0) is 56.3 Å². The third kappa shape index (κ3) is 2.86. The molecule has 0 bridgehead atoms. The molecule has 3 aliphatic heterocycles. The number of ether oxygens (including phenoxy) is 1. The van der Waals surface area contributed by atoms with E-state index in [1.165, 1.54) is 57.5 Å². The van der Waals surface area contributed by atoms with Crippen LogP contribution >= 0.6 is 12.4 Å². The van der Waals surface area contributed by atoms with Crippen LogP contribution in [0.4, 0.5) is 5.69 Å². The first-order chi connectivity index (χ1) is 10.4. The maximum absolute atomic E-state index is 5.63. The van der Waals surface area contributed by atoms with E-state index in [0.717, 1.165) is 19.1 Å². The van der Waals surface area contributed by atoms with Crippen molar-refractivity contribution < 1.29 is 4.74 Å². The summed E-state index contributed by atoms with van der Waals surface area (Å²) in [7, 11) is 0. The average molecular weight is 323 g/mol. The highest BCUT2D eigenvalue weighted by molar-refractivity contribution is 5.85. The first-order valence-electron chi connectivity index (χ1n) is 8.50. The Morgan fingerprint density at radius 1 is 1.14 bits per heavy atom. The molecule has 22 heavy (non-hydrogen) atoms. The summed E-state index contributed by atoms with van der Waals surface area (Å²) in [4.78, 5) is 2.68. The molecule has 1 spiro atoms. The van der Waals surface area contributed by atoms with Gasteiger partial charge in [0, 0.05) is 37.4 Å². The minimum atomic E-state index is 0. The van der Waals surface area contributed by atoms with Crippen molar-refractivity contribution in [1.29, 1.82) is 0 Å². The van der Waals surface area contributed by atoms with Crippen LogP contribution in [0.1, 0.15) is 31.2 Å². The molecule has 0 radical (unpaired) electrons. The van der Waals surface area contributed by atoms with Gasteiger partial charge in [-0.25, -0.2) is 0 Å². The normalized spacial score (nSPS) is 24.1. The summed E-state index contributed by atoms with van der Waals surface area (Å²) in [5.74, 6) is 0.856. The fourth-order valence-electron chi connectivity index (χ4n) is 4.46. The number of rotatable bonds is 2. The minimum Gasteiger partial charge on any atom is -0.381 e. The van der Waals surface area contributed by atoms with Crippen LogP contribution in [0.2, 0.25) is 0 Å². The maximum Gasteiger partial charge on any atom is 0.0475 e. The molecule has 1 aromatic carbocycles. The number of hydrogen-bond acceptors (Lipinski definition) is 3. The Balaban J connectivity index is 0.00000144. The van der Waals surface area contributed by atoms with E-state index in [0.29, 0.717) is 5.41 Å². The van der Waals surface area contributed by atoms with Crippen LogP contribution < -0.4 is 10.2 Å². The lowest BCUT2D eigenvalue weighted by Gasteiger charge is -2.35. The van der Waals surface area contributed by atoms with E-state index in [1.54, 1.807) is 5.56 Å². The van der Waals surface area contributed by atoms with E-state index >= 15 is 0 Å². The molecule has 0 aromatic heterocycles. The molecule has 0 atom stereocenters. The monoisotopic (exact) mass is 322 g/mol. The van der Waals surface area contributed by atoms with E-state index in [1.807, 2.05) is 0 Å². The highest BCUT2D eigenvalue weighted by Gasteiger charge is 2.43. The number of para-hydroxylation sites is 1. The van der Waals surface area contributed by atoms with Crippen molar-refractivity contribution in [2.45, 2.75) is 31.1 Å². The van der Waals surface area contributed by atoms with Crippen molar-refractivity contribution in [3.05, 3.63) is 29.8 Å². The fraction of sp³-hybridized carbons (Fsp3) is 0.667. The smallest absolute Gasteiger partial charge is 0.0475 e. The SMILES string of the molecule is Cl.c1ccc2c(c1)N(CC1CCNCC1)CC21CCOCC1. The zero-order valence-electron chi connectivity index (χ0n) is 13.2. The highest BCUT2D eigenvalue weighted by Crippen LogP contribution is 2.46. The first-order valence-corrected chi connectivity index (χ1v) is 8.50. The topological polar surface area (TPSA) is 24.5 Å². The lowest BCUT2D eigenvalue weighted by atomic mass is 9.76. The minimum absolute atomic E-state index is 0. The summed E-state index contributed by atoms with van der Waals surface area (Å²) in [5, 5.41) is 3.48. The molecule has 3 aliphatic rings. The number of piperidine rings is 1. The van der Waals surface area contributed by atoms with Crippen molar-refractivity contribution >= 4 is 18.1 Å². The van der Waals surface area contributed by atoms with Gasteiger partial charge < -0.3 is 15.0 Å². The molecule has 0 unspecified atom stereocenters. The number of anilines is 1. The van der Waals surface area contributed by atoms with Crippen LogP contribution in [0.15, 0.2) is 24.3 Å². The van der Waals surface area contributed by atoms with Crippen molar-refractivity contribution in [2.24, 2.45) is 5.92 Å². The molecule has 3 nitrogen and oxygen atoms in total. The zero-order valence-corrected chi connectivity index (χ0v) is 14.0. The van der Waals surface area contributed by atoms with Gasteiger partial charge in [0.2, 0.25) is 0 Å². The van der Waals surface area contributed by atoms with Gasteiger partial charge in [-0.1, -0.05) is 18.2 Å². The largest absolute Gasteiger partial charge is 0.381 e. The second kappa shape index (κ2) is 6.77. The van der Waals surface area contributed by atoms with Crippen LogP contribution in [0.5, 0.6) is 0 Å². The summed E-state index contributed by atoms with van der Waals surface area (Å²) in [6.45, 7) is 6.68. The van der Waals surface area contributed by atoms with Crippen LogP contribution in [0.3, 0.4) is 0 Å². The molecule has 4 heteroatoms. The summed E-state index contributed by atoms with van der Waals surface area (Å²) < 4.78 is 5.63. The van der Waals surface area contributed by atoms with E-state index in [4.69, 9.17) is 4.74 Å². The average Bonchev–Trinajstić information content (AvgIpc) is 2.83. The quantitative estimate of drug-likeness (QED) is 0.906. The Bertz CT molecular complexity index is 496. The lowest BCUT2D eigenvalue weighted by molar-refractivity contribution is 0.0551. The lowest BCUT2D eigenvalue weighted by Crippen LogP contribution is -2.41. The van der Waals surface area contributed by atoms with Gasteiger partial charge in [0.25, 0.3) is 0 Å². The molecule has 122 valence electrons. The molecule has 2 saturated heterocycles. The Morgan fingerprint density at radius 3 is 2.64 bits per heavy atom. The number of nitrogens with zero attached hydrogens (tertiary/aromatic N) is 1. The molecule has 4 rings (SSSR count). The number of fused-ring (bicyclic) bond motifs is 2. The zero-order chi connectivity index (χ0) is 14.1. The summed E-state index contributed by atoms with van der Waals surface area (Å²) in [5.41, 5.74) is 3.45. The number of benzene rings is 1. The van der Waals surface area contributed by atoms with Gasteiger partial charge in [0.05, 0.1) is 0 Å². The number of hydrogen-bond donors (Lipinski definition) is 1. The standard InChI is InChI=1S/C18H26N2O.ClH/c1-2-4-17-16(3-1)18(7-11-21-12-8-18)14-20(17)13-15-5-9-19-10-6-15;/h1-4,15,19H,5-14H2;1H. The van der Waals surface area contributed by atoms with E-state index in [9.17, 15) is 0 Å². The Labute approximate surface area is 139 Å². The Kier molecular flexibility index (Phi) is 4.96. The van der Waals surface area contributed by atoms with Crippen LogP contribution in [0.25, 0.3) is 0 Å². The molecule has 0 aliphatic carbocycles. The molecule has 1 aromatic rings. The third-order valence-corrected chi connectivity index (χ3v) is 5.70. The van der Waals surface area contributed by atoms with E-state index < -0.39 is 0 Å². The fourth-order valence-corrected chi connectivity index (χ4v) is 4.46. The summed E-state index contributed by atoms with van der Waals surface area (Å²) >= 11 is 0. The molecule has 1 N–H and O–H groups in total. The maximum atomic E-state index is 5.63. The van der Waals surface area contributed by atoms with Gasteiger partial charge >= 0.3 is 0 Å². The second-order valence-electron chi connectivity index (χ2n) is 6.98. The second-order valence-corrected chi connectivity index (χ2v) is 6.98. The van der Waals surface area contributed by atoms with Gasteiger partial charge in [0.1, 0.15) is 0 Å². The van der Waals surface area contributed by atoms with Crippen molar-refractivity contribution in [3.8, 4) is 0 Å². The molecule has 3 heterocycles. The molecule has 2 fully saturated rings. The van der Waals surface area contributed by atoms with Crippen LogP contribution in [-0.4, -0.2) is 39.4 Å². The van der Waals surface area contributed by atoms with Gasteiger partial charge in [-0.2, -0.15) is 0 Å². The summed E-state index contributed by atoms with van der Waals surface area (Å²) in [6, 6.07) is 9.11. The molecular weight excluding hydrogens is 296 g/mol. The highest BCUT2D eigenvalue weighted by atomic mass is 35.5. The summed E-state index contributed by atoms with van der Waals surface area (Å²) in [6.07, 6.45) is 5.03. The predicted octanol–water partition coefficient (Wildman–Crippen LogP) is 2.98. The molecule has 0 saturated carbocycles. The Hall–Kier alpha value is -0.770. The molecule has 0 amide bonds. The van der Waals surface area contributed by atoms with Gasteiger partial charge in [-0.3, -0.25) is 0 Å². The van der Waals surface area contributed by atoms with E-state index in [2.05, 4.69) is 34.5 Å². The predicted molar refractivity (Wildman–Crippen MR) is 93.2 cm³/mol. The van der Waals surface area contributed by atoms with Crippen molar-refractivity contribution in [3.63, 3.8) is 0 Å². The first kappa shape index (κ1) is 16.1. The Morgan fingerprint density at radius 2 is 1.86 bits per heavy atom. The molecular formula is C18H27ClN2O.